The van der Waals surface area contributed by atoms with Crippen LogP contribution in [0.3, 0.4) is 0 Å². The number of rotatable bonds is 6. The Kier molecular flexibility index (Phi) is 5.87. The van der Waals surface area contributed by atoms with Crippen LogP contribution in [0.1, 0.15) is 29.8 Å². The third-order valence-corrected chi connectivity index (χ3v) is 3.91. The number of nitro groups is 1. The van der Waals surface area contributed by atoms with Crippen LogP contribution in [-0.2, 0) is 11.4 Å². The van der Waals surface area contributed by atoms with Gasteiger partial charge in [0, 0.05) is 17.5 Å². The smallest absolute Gasteiger partial charge is 0.297 e. The summed E-state index contributed by atoms with van der Waals surface area (Å²) < 4.78 is 5.94. The van der Waals surface area contributed by atoms with Crippen LogP contribution in [0.5, 0.6) is 5.75 Å². The molecule has 0 unspecified atom stereocenters. The number of nitrogens with zero attached hydrogens (tertiary/aromatic N) is 1. The van der Waals surface area contributed by atoms with Crippen molar-refractivity contribution in [2.45, 2.75) is 20.5 Å². The zero-order valence-electron chi connectivity index (χ0n) is 13.5. The summed E-state index contributed by atoms with van der Waals surface area (Å²) in [5.74, 6) is -0.895. The molecule has 0 atom stereocenters. The molecule has 7 nitrogen and oxygen atoms in total. The van der Waals surface area contributed by atoms with E-state index in [-0.39, 0.29) is 39.6 Å². The lowest BCUT2D eigenvalue weighted by atomic mass is 10.1. The number of benzene rings is 2. The molecule has 0 aliphatic rings. The molecule has 0 saturated heterocycles. The van der Waals surface area contributed by atoms with E-state index in [2.05, 4.69) is 21.2 Å². The van der Waals surface area contributed by atoms with Crippen molar-refractivity contribution in [1.82, 2.24) is 0 Å². The first-order chi connectivity index (χ1) is 11.8. The van der Waals surface area contributed by atoms with Gasteiger partial charge in [-0.25, -0.2) is 0 Å². The number of carbonyl (C=O) groups excluding carboxylic acids is 2. The molecule has 0 aromatic heterocycles. The van der Waals surface area contributed by atoms with E-state index < -0.39 is 10.8 Å². The summed E-state index contributed by atoms with van der Waals surface area (Å²) in [7, 11) is 0. The molecule has 0 saturated carbocycles. The Morgan fingerprint density at radius 2 is 1.88 bits per heavy atom. The highest BCUT2D eigenvalue weighted by Gasteiger charge is 2.28. The molecule has 0 radical (unpaired) electrons. The minimum Gasteiger partial charge on any atom is -0.486 e. The molecule has 25 heavy (non-hydrogen) atoms. The summed E-state index contributed by atoms with van der Waals surface area (Å²) in [5, 5.41) is 13.8. The van der Waals surface area contributed by atoms with Crippen LogP contribution in [0.4, 0.5) is 11.4 Å². The lowest BCUT2D eigenvalue weighted by molar-refractivity contribution is -0.384. The standard InChI is InChI=1S/C17H15BrN2O5/c1-10(21)15-13(18)8-14(20(23)24)16(19-11(2)22)17(15)25-9-12-6-4-3-5-7-12/h3-8H,9H2,1-2H3,(H,19,22). The van der Waals surface area contributed by atoms with Crippen LogP contribution >= 0.6 is 15.9 Å². The number of amides is 1. The normalized spacial score (nSPS) is 10.2. The molecule has 8 heteroatoms. The number of ether oxygens (including phenoxy) is 1. The number of anilines is 1. The van der Waals surface area contributed by atoms with Gasteiger partial charge < -0.3 is 10.1 Å². The first-order valence-corrected chi connectivity index (χ1v) is 8.06. The van der Waals surface area contributed by atoms with Gasteiger partial charge in [-0.15, -0.1) is 0 Å². The Bertz CT molecular complexity index is 837. The predicted octanol–water partition coefficient (Wildman–Crippen LogP) is 4.10. The van der Waals surface area contributed by atoms with Crippen LogP contribution in [0.2, 0.25) is 0 Å². The SMILES string of the molecule is CC(=O)Nc1c([N+](=O)[O-])cc(Br)c(C(C)=O)c1OCc1ccccc1. The zero-order chi connectivity index (χ0) is 18.6. The van der Waals surface area contributed by atoms with E-state index in [4.69, 9.17) is 4.74 Å². The summed E-state index contributed by atoms with van der Waals surface area (Å²) in [6, 6.07) is 10.3. The molecule has 1 amide bonds. The number of halogens is 1. The molecule has 0 heterocycles. The number of Topliss-reactive ketones (excluding diaryl/α,β-unsaturated/α-hetero) is 1. The van der Waals surface area contributed by atoms with Crippen molar-refractivity contribution < 1.29 is 19.2 Å². The summed E-state index contributed by atoms with van der Waals surface area (Å²) in [6.45, 7) is 2.63. The minimum absolute atomic E-state index is 0.0346. The van der Waals surface area contributed by atoms with Gasteiger partial charge in [0.25, 0.3) is 5.69 Å². The van der Waals surface area contributed by atoms with Crippen molar-refractivity contribution in [3.8, 4) is 5.75 Å². The van der Waals surface area contributed by atoms with E-state index in [1.165, 1.54) is 19.9 Å². The fourth-order valence-corrected chi connectivity index (χ4v) is 2.93. The van der Waals surface area contributed by atoms with Crippen molar-refractivity contribution in [2.75, 3.05) is 5.32 Å². The second-order valence-electron chi connectivity index (χ2n) is 5.23. The highest BCUT2D eigenvalue weighted by molar-refractivity contribution is 9.10. The third kappa shape index (κ3) is 4.42. The summed E-state index contributed by atoms with van der Waals surface area (Å²) in [4.78, 5) is 34.2. The molecule has 0 bridgehead atoms. The number of hydrogen-bond acceptors (Lipinski definition) is 5. The van der Waals surface area contributed by atoms with Gasteiger partial charge in [-0.3, -0.25) is 19.7 Å². The number of nitrogens with one attached hydrogen (secondary N) is 1. The Hall–Kier alpha value is -2.74. The Labute approximate surface area is 152 Å². The van der Waals surface area contributed by atoms with Gasteiger partial charge in [0.15, 0.2) is 17.2 Å². The molecule has 2 rings (SSSR count). The predicted molar refractivity (Wildman–Crippen MR) is 95.9 cm³/mol. The van der Waals surface area contributed by atoms with Gasteiger partial charge in [-0.2, -0.15) is 0 Å². The lowest BCUT2D eigenvalue weighted by Gasteiger charge is -2.16. The average molecular weight is 407 g/mol. The molecule has 2 aromatic carbocycles. The number of ketones is 1. The van der Waals surface area contributed by atoms with Gasteiger partial charge in [-0.05, 0) is 28.4 Å². The molecular weight excluding hydrogens is 392 g/mol. The maximum Gasteiger partial charge on any atom is 0.297 e. The Balaban J connectivity index is 2.60. The largest absolute Gasteiger partial charge is 0.486 e. The molecule has 1 N–H and O–H groups in total. The first kappa shape index (κ1) is 18.6. The quantitative estimate of drug-likeness (QED) is 0.442. The number of hydrogen-bond donors (Lipinski definition) is 1. The second kappa shape index (κ2) is 7.89. The first-order valence-electron chi connectivity index (χ1n) is 7.27. The molecular formula is C17H15BrN2O5. The van der Waals surface area contributed by atoms with Crippen molar-refractivity contribution >= 4 is 39.0 Å². The average Bonchev–Trinajstić information content (AvgIpc) is 2.54. The Morgan fingerprint density at radius 3 is 2.40 bits per heavy atom. The molecule has 0 aliphatic heterocycles. The lowest BCUT2D eigenvalue weighted by Crippen LogP contribution is -2.13. The number of nitro benzene ring substituents is 1. The van der Waals surface area contributed by atoms with Crippen LogP contribution in [0, 0.1) is 10.1 Å². The van der Waals surface area contributed by atoms with Crippen LogP contribution in [0.25, 0.3) is 0 Å². The minimum atomic E-state index is -0.644. The van der Waals surface area contributed by atoms with E-state index in [1.807, 2.05) is 30.3 Å². The van der Waals surface area contributed by atoms with Gasteiger partial charge in [0.05, 0.1) is 10.5 Å². The highest BCUT2D eigenvalue weighted by atomic mass is 79.9. The maximum atomic E-state index is 12.0. The van der Waals surface area contributed by atoms with Crippen molar-refractivity contribution in [1.29, 1.82) is 0 Å². The molecule has 2 aromatic rings. The monoisotopic (exact) mass is 406 g/mol. The van der Waals surface area contributed by atoms with E-state index in [0.29, 0.717) is 0 Å². The van der Waals surface area contributed by atoms with Crippen molar-refractivity contribution in [3.63, 3.8) is 0 Å². The molecule has 0 aliphatic carbocycles. The topological polar surface area (TPSA) is 98.5 Å². The van der Waals surface area contributed by atoms with Gasteiger partial charge in [-0.1, -0.05) is 30.3 Å². The third-order valence-electron chi connectivity index (χ3n) is 3.29. The number of carbonyl (C=O) groups is 2. The van der Waals surface area contributed by atoms with Gasteiger partial charge >= 0.3 is 0 Å². The zero-order valence-corrected chi connectivity index (χ0v) is 15.1. The fourth-order valence-electron chi connectivity index (χ4n) is 2.26. The van der Waals surface area contributed by atoms with Crippen LogP contribution in [-0.4, -0.2) is 16.6 Å². The summed E-state index contributed by atoms with van der Waals surface area (Å²) in [6.07, 6.45) is 0. The van der Waals surface area contributed by atoms with Gasteiger partial charge in [0.2, 0.25) is 5.91 Å². The van der Waals surface area contributed by atoms with E-state index >= 15 is 0 Å². The summed E-state index contributed by atoms with van der Waals surface area (Å²) >= 11 is 3.18. The molecule has 0 spiro atoms. The molecule has 130 valence electrons. The van der Waals surface area contributed by atoms with E-state index in [9.17, 15) is 19.7 Å². The van der Waals surface area contributed by atoms with Crippen LogP contribution < -0.4 is 10.1 Å². The second-order valence-corrected chi connectivity index (χ2v) is 6.08. The van der Waals surface area contributed by atoms with Gasteiger partial charge in [0.1, 0.15) is 6.61 Å². The molecule has 0 fully saturated rings. The fraction of sp³-hybridized carbons (Fsp3) is 0.176. The maximum absolute atomic E-state index is 12.0. The summed E-state index contributed by atoms with van der Waals surface area (Å²) in [5.41, 5.74) is 0.440. The van der Waals surface area contributed by atoms with E-state index in [1.54, 1.807) is 0 Å². The van der Waals surface area contributed by atoms with Crippen LogP contribution in [0.15, 0.2) is 40.9 Å². The van der Waals surface area contributed by atoms with Crippen molar-refractivity contribution in [3.05, 3.63) is 62.1 Å². The van der Waals surface area contributed by atoms with Crippen molar-refractivity contribution in [2.24, 2.45) is 0 Å². The Morgan fingerprint density at radius 1 is 1.24 bits per heavy atom. The van der Waals surface area contributed by atoms with E-state index in [0.717, 1.165) is 5.56 Å². The highest BCUT2D eigenvalue weighted by Crippen LogP contribution is 2.42.